The van der Waals surface area contributed by atoms with E-state index in [1.54, 1.807) is 38.1 Å². The quantitative estimate of drug-likeness (QED) is 0.0605. The fraction of sp³-hybridized carbons (Fsp3) is 0.258. The van der Waals surface area contributed by atoms with Gasteiger partial charge in [-0.2, -0.15) is 5.10 Å². The molecule has 2 amide bonds. The molecule has 0 unspecified atom stereocenters. The Morgan fingerprint density at radius 3 is 2.66 bits per heavy atom. The van der Waals surface area contributed by atoms with Crippen molar-refractivity contribution in [2.45, 2.75) is 32.7 Å². The zero-order valence-corrected chi connectivity index (χ0v) is 27.0. The fourth-order valence-electron chi connectivity index (χ4n) is 4.54. The van der Waals surface area contributed by atoms with Gasteiger partial charge in [-0.3, -0.25) is 15.5 Å². The minimum Gasteiger partial charge on any atom is -0.490 e. The molecule has 3 aromatic carbocycles. The summed E-state index contributed by atoms with van der Waals surface area (Å²) in [5.41, 5.74) is 3.75. The number of aliphatic hydroxyl groups is 1. The van der Waals surface area contributed by atoms with Crippen molar-refractivity contribution in [3.63, 3.8) is 0 Å². The number of nitrogens with zero attached hydrogens (tertiary/aromatic N) is 2. The fourth-order valence-corrected chi connectivity index (χ4v) is 5.12. The number of nitro groups is 1. The molecule has 0 spiro atoms. The second kappa shape index (κ2) is 15.9. The zero-order chi connectivity index (χ0) is 34.1. The Balaban J connectivity index is 1.41. The normalized spacial score (nSPS) is 15.0. The minimum atomic E-state index is -1.30. The molecule has 0 bridgehead atoms. The van der Waals surface area contributed by atoms with Gasteiger partial charge in [-0.1, -0.05) is 24.3 Å². The Bertz CT molecular complexity index is 1720. The predicted octanol–water partition coefficient (Wildman–Crippen LogP) is 4.60. The molecule has 16 heteroatoms. The van der Waals surface area contributed by atoms with Crippen LogP contribution in [0.25, 0.3) is 0 Å². The number of carbonyl (C=O) groups excluding carboxylic acids is 2. The molecule has 0 aromatic heterocycles. The number of methoxy groups -OCH3 is 1. The van der Waals surface area contributed by atoms with Crippen molar-refractivity contribution in [3.05, 3.63) is 103 Å². The number of allylic oxidation sites excluding steroid dienone is 1. The maximum Gasteiger partial charge on any atom is 0.337 e. The second-order valence-electron chi connectivity index (χ2n) is 9.90. The van der Waals surface area contributed by atoms with Gasteiger partial charge in [0.1, 0.15) is 19.0 Å². The molecule has 1 aliphatic heterocycles. The van der Waals surface area contributed by atoms with Gasteiger partial charge in [-0.15, -0.1) is 0 Å². The summed E-state index contributed by atoms with van der Waals surface area (Å²) in [6.45, 7) is 3.13. The second-order valence-corrected chi connectivity index (χ2v) is 10.8. The van der Waals surface area contributed by atoms with Crippen LogP contribution in [0.1, 0.15) is 36.6 Å². The molecular formula is C31H31BrFN5O9. The number of hydrogen-bond donors (Lipinski definition) is 4. The molecule has 248 valence electrons. The number of hydrazone groups is 1. The first-order valence-electron chi connectivity index (χ1n) is 14.1. The monoisotopic (exact) mass is 715 g/mol. The molecule has 1 heterocycles. The lowest BCUT2D eigenvalue weighted by atomic mass is 9.95. The zero-order valence-electron chi connectivity index (χ0n) is 25.4. The molecule has 0 aliphatic carbocycles. The third-order valence-corrected chi connectivity index (χ3v) is 7.27. The van der Waals surface area contributed by atoms with Crippen molar-refractivity contribution in [1.82, 2.24) is 16.1 Å². The van der Waals surface area contributed by atoms with Gasteiger partial charge in [0.2, 0.25) is 5.75 Å². The summed E-state index contributed by atoms with van der Waals surface area (Å²) in [6.07, 6.45) is -0.0496. The van der Waals surface area contributed by atoms with Crippen LogP contribution < -0.4 is 30.3 Å². The largest absolute Gasteiger partial charge is 0.490 e. The molecule has 0 saturated carbocycles. The van der Waals surface area contributed by atoms with E-state index in [1.165, 1.54) is 43.7 Å². The molecule has 0 fully saturated rings. The van der Waals surface area contributed by atoms with Crippen LogP contribution in [0.15, 0.2) is 75.4 Å². The molecule has 0 radical (unpaired) electrons. The molecule has 47 heavy (non-hydrogen) atoms. The van der Waals surface area contributed by atoms with Crippen molar-refractivity contribution < 1.29 is 43.0 Å². The smallest absolute Gasteiger partial charge is 0.337 e. The van der Waals surface area contributed by atoms with Crippen molar-refractivity contribution in [3.8, 4) is 17.2 Å². The number of nitro benzene ring substituents is 1. The Labute approximate surface area is 276 Å². The summed E-state index contributed by atoms with van der Waals surface area (Å²) in [7, 11) is 1.24. The van der Waals surface area contributed by atoms with E-state index in [0.29, 0.717) is 22.6 Å². The first-order chi connectivity index (χ1) is 22.5. The number of aliphatic hydroxyl groups excluding tert-OH is 1. The van der Waals surface area contributed by atoms with Crippen molar-refractivity contribution in [1.29, 1.82) is 0 Å². The summed E-state index contributed by atoms with van der Waals surface area (Å²) < 4.78 is 36.1. The van der Waals surface area contributed by atoms with E-state index in [2.05, 4.69) is 37.1 Å². The summed E-state index contributed by atoms with van der Waals surface area (Å²) in [6, 6.07) is 12.2. The lowest BCUT2D eigenvalue weighted by molar-refractivity contribution is -0.386. The number of nitrogens with one attached hydrogen (secondary N) is 3. The lowest BCUT2D eigenvalue weighted by Crippen LogP contribution is -2.45. The molecule has 0 saturated heterocycles. The number of benzene rings is 3. The average molecular weight is 717 g/mol. The predicted molar refractivity (Wildman–Crippen MR) is 170 cm³/mol. The summed E-state index contributed by atoms with van der Waals surface area (Å²) in [5, 5.41) is 31.4. The van der Waals surface area contributed by atoms with Gasteiger partial charge in [0.25, 0.3) is 0 Å². The van der Waals surface area contributed by atoms with Gasteiger partial charge in [-0.25, -0.2) is 14.0 Å². The van der Waals surface area contributed by atoms with Crippen molar-refractivity contribution in [2.24, 2.45) is 5.10 Å². The van der Waals surface area contributed by atoms with E-state index in [4.69, 9.17) is 18.9 Å². The van der Waals surface area contributed by atoms with Gasteiger partial charge in [0, 0.05) is 22.9 Å². The van der Waals surface area contributed by atoms with Gasteiger partial charge < -0.3 is 34.7 Å². The number of halogens is 2. The third-order valence-electron chi connectivity index (χ3n) is 6.68. The van der Waals surface area contributed by atoms with E-state index in [-0.39, 0.29) is 52.6 Å². The van der Waals surface area contributed by atoms with Gasteiger partial charge in [0.15, 0.2) is 17.7 Å². The molecule has 2 atom stereocenters. The van der Waals surface area contributed by atoms with Crippen LogP contribution in [0.3, 0.4) is 0 Å². The highest BCUT2D eigenvalue weighted by atomic mass is 79.9. The standard InChI is InChI=1S/C31H31BrFN5O9/c1-4-45-25-13-19(28-27(30(40)44-3)17(2)35-31(41)36-28)9-10-24(25)46-16-26(39)37-34-14-18-11-21(32)29(23(12-18)38(42)43)47-15-20-7-5-6-8-22(20)33/h5-14,26,28,37,39H,4,15-16H2,1-3H3,(H2,35,36,41)/b34-14+/t26-,28-/m1/s1. The Morgan fingerprint density at radius 1 is 1.19 bits per heavy atom. The number of hydrogen-bond acceptors (Lipinski definition) is 11. The molecule has 3 aromatic rings. The summed E-state index contributed by atoms with van der Waals surface area (Å²) in [5.74, 6) is -0.623. The number of amides is 2. The molecule has 4 N–H and O–H groups in total. The van der Waals surface area contributed by atoms with Gasteiger partial charge in [0.05, 0.1) is 40.9 Å². The lowest BCUT2D eigenvalue weighted by Gasteiger charge is -2.28. The van der Waals surface area contributed by atoms with Crippen molar-refractivity contribution >= 4 is 39.8 Å². The SMILES string of the molecule is CCOc1cc([C@H]2NC(=O)NC(C)=C2C(=O)OC)ccc1OC[C@@H](O)N/N=C/c1cc(Br)c(OCc2ccccc2F)c([N+](=O)[O-])c1. The Morgan fingerprint density at radius 2 is 1.96 bits per heavy atom. The minimum absolute atomic E-state index is 0.0804. The Kier molecular flexibility index (Phi) is 11.7. The van der Waals surface area contributed by atoms with E-state index in [0.717, 1.165) is 0 Å². The third kappa shape index (κ3) is 8.74. The van der Waals surface area contributed by atoms with Crippen LogP contribution in [-0.4, -0.2) is 54.8 Å². The molecule has 14 nitrogen and oxygen atoms in total. The van der Waals surface area contributed by atoms with E-state index in [9.17, 15) is 29.2 Å². The average Bonchev–Trinajstić information content (AvgIpc) is 3.03. The van der Waals surface area contributed by atoms with Crippen LogP contribution in [0.2, 0.25) is 0 Å². The number of ether oxygens (including phenoxy) is 4. The van der Waals surface area contributed by atoms with Crippen LogP contribution >= 0.6 is 15.9 Å². The van der Waals surface area contributed by atoms with E-state index < -0.39 is 35.0 Å². The topological polar surface area (TPSA) is 183 Å². The van der Waals surface area contributed by atoms with Crippen LogP contribution in [0.5, 0.6) is 17.2 Å². The maximum atomic E-state index is 14.0. The number of urea groups is 1. The molecule has 1 aliphatic rings. The van der Waals surface area contributed by atoms with Crippen molar-refractivity contribution in [2.75, 3.05) is 20.3 Å². The highest BCUT2D eigenvalue weighted by molar-refractivity contribution is 9.10. The van der Waals surface area contributed by atoms with Gasteiger partial charge >= 0.3 is 17.7 Å². The number of carbonyl (C=O) groups is 2. The molecule has 4 rings (SSSR count). The van der Waals surface area contributed by atoms with Crippen LogP contribution in [0.4, 0.5) is 14.9 Å². The van der Waals surface area contributed by atoms with E-state index in [1.807, 2.05) is 0 Å². The first-order valence-corrected chi connectivity index (χ1v) is 14.9. The first kappa shape index (κ1) is 34.6. The maximum absolute atomic E-state index is 14.0. The summed E-state index contributed by atoms with van der Waals surface area (Å²) >= 11 is 3.26. The number of esters is 1. The van der Waals surface area contributed by atoms with Gasteiger partial charge in [-0.05, 0) is 59.6 Å². The highest BCUT2D eigenvalue weighted by Gasteiger charge is 2.32. The molecular weight excluding hydrogens is 685 g/mol. The van der Waals surface area contributed by atoms with E-state index >= 15 is 0 Å². The highest BCUT2D eigenvalue weighted by Crippen LogP contribution is 2.37. The van der Waals surface area contributed by atoms with Crippen LogP contribution in [0, 0.1) is 15.9 Å². The number of rotatable bonds is 14. The van der Waals surface area contributed by atoms with Crippen LogP contribution in [-0.2, 0) is 16.1 Å². The summed E-state index contributed by atoms with van der Waals surface area (Å²) in [4.78, 5) is 35.7. The Hall–Kier alpha value is -5.22.